The van der Waals surface area contributed by atoms with E-state index < -0.39 is 0 Å². The molecule has 1 atom stereocenters. The highest BCUT2D eigenvalue weighted by Gasteiger charge is 2.18. The van der Waals surface area contributed by atoms with Crippen molar-refractivity contribution in [3.05, 3.63) is 28.2 Å². The van der Waals surface area contributed by atoms with E-state index in [-0.39, 0.29) is 0 Å². The molecule has 106 valence electrons. The third-order valence-electron chi connectivity index (χ3n) is 4.07. The molecule has 1 heterocycles. The highest BCUT2D eigenvalue weighted by atomic mass is 79.9. The lowest BCUT2D eigenvalue weighted by molar-refractivity contribution is 0.435. The summed E-state index contributed by atoms with van der Waals surface area (Å²) in [6, 6.07) is 6.48. The van der Waals surface area contributed by atoms with Gasteiger partial charge >= 0.3 is 0 Å². The van der Waals surface area contributed by atoms with Gasteiger partial charge in [0, 0.05) is 29.1 Å². The molecule has 1 aromatic carbocycles. The fourth-order valence-electron chi connectivity index (χ4n) is 3.07. The Labute approximate surface area is 130 Å². The monoisotopic (exact) mass is 343 g/mol. The minimum absolute atomic E-state index is 0.587. The first kappa shape index (κ1) is 15.2. The van der Waals surface area contributed by atoms with Crippen LogP contribution in [0.4, 0.5) is 5.69 Å². The van der Waals surface area contributed by atoms with E-state index in [0.29, 0.717) is 5.88 Å². The number of hydrogen-bond donors (Lipinski definition) is 0. The molecule has 19 heavy (non-hydrogen) atoms. The molecule has 1 aliphatic rings. The molecular formula is C16H23BrClN. The molecule has 0 amide bonds. The molecule has 0 bridgehead atoms. The predicted octanol–water partition coefficient (Wildman–Crippen LogP) is 5.59. The van der Waals surface area contributed by atoms with Crippen LogP contribution < -0.4 is 4.90 Å². The third-order valence-corrected chi connectivity index (χ3v) is 4.85. The van der Waals surface area contributed by atoms with Crippen molar-refractivity contribution in [2.24, 2.45) is 5.92 Å². The van der Waals surface area contributed by atoms with Gasteiger partial charge in [-0.25, -0.2) is 0 Å². The molecule has 1 fully saturated rings. The van der Waals surface area contributed by atoms with Gasteiger partial charge in [0.2, 0.25) is 0 Å². The molecular weight excluding hydrogens is 322 g/mol. The first-order valence-electron chi connectivity index (χ1n) is 7.34. The Kier molecular flexibility index (Phi) is 6.03. The number of alkyl halides is 1. The lowest BCUT2D eigenvalue weighted by Gasteiger charge is -2.25. The molecule has 3 heteroatoms. The zero-order valence-electron chi connectivity index (χ0n) is 11.7. The first-order chi connectivity index (χ1) is 9.24. The zero-order chi connectivity index (χ0) is 13.7. The number of hydrogen-bond acceptors (Lipinski definition) is 1. The molecule has 0 aromatic heterocycles. The summed E-state index contributed by atoms with van der Waals surface area (Å²) in [6.07, 6.45) is 6.72. The Morgan fingerprint density at radius 2 is 2.16 bits per heavy atom. The number of benzene rings is 1. The van der Waals surface area contributed by atoms with E-state index in [1.807, 2.05) is 0 Å². The molecule has 0 N–H and O–H groups in total. The molecule has 1 saturated heterocycles. The van der Waals surface area contributed by atoms with E-state index in [1.54, 1.807) is 0 Å². The molecule has 1 nitrogen and oxygen atoms in total. The molecule has 1 aliphatic heterocycles. The fraction of sp³-hybridized carbons (Fsp3) is 0.625. The van der Waals surface area contributed by atoms with Crippen molar-refractivity contribution < 1.29 is 0 Å². The van der Waals surface area contributed by atoms with Gasteiger partial charge in [-0.05, 0) is 48.9 Å². The van der Waals surface area contributed by atoms with Crippen molar-refractivity contribution in [1.29, 1.82) is 0 Å². The summed E-state index contributed by atoms with van der Waals surface area (Å²) in [4.78, 5) is 2.53. The first-order valence-corrected chi connectivity index (χ1v) is 8.66. The van der Waals surface area contributed by atoms with Crippen LogP contribution >= 0.6 is 27.5 Å². The van der Waals surface area contributed by atoms with E-state index in [0.717, 1.165) is 10.4 Å². The van der Waals surface area contributed by atoms with Crippen LogP contribution in [0.3, 0.4) is 0 Å². The van der Waals surface area contributed by atoms with Crippen molar-refractivity contribution in [2.75, 3.05) is 18.0 Å². The number of rotatable bonds is 4. The minimum Gasteiger partial charge on any atom is -0.371 e. The Bertz CT molecular complexity index is 408. The zero-order valence-corrected chi connectivity index (χ0v) is 14.0. The lowest BCUT2D eigenvalue weighted by Crippen LogP contribution is -2.25. The van der Waals surface area contributed by atoms with Crippen molar-refractivity contribution in [2.45, 2.75) is 44.9 Å². The number of halogens is 2. The smallest absolute Gasteiger partial charge is 0.0494 e. The average Bonchev–Trinajstić information content (AvgIpc) is 2.65. The maximum atomic E-state index is 6.09. The molecule has 1 aromatic rings. The SMILES string of the molecule is CCCC1CCCN(c2ccc(Br)cc2CCl)CC1. The third kappa shape index (κ3) is 4.13. The summed E-state index contributed by atoms with van der Waals surface area (Å²) in [7, 11) is 0. The largest absolute Gasteiger partial charge is 0.371 e. The van der Waals surface area contributed by atoms with Gasteiger partial charge in [0.1, 0.15) is 0 Å². The highest BCUT2D eigenvalue weighted by molar-refractivity contribution is 9.10. The summed E-state index contributed by atoms with van der Waals surface area (Å²) >= 11 is 9.62. The maximum Gasteiger partial charge on any atom is 0.0494 e. The topological polar surface area (TPSA) is 3.24 Å². The molecule has 0 spiro atoms. The molecule has 0 radical (unpaired) electrons. The van der Waals surface area contributed by atoms with Crippen LogP contribution in [-0.4, -0.2) is 13.1 Å². The maximum absolute atomic E-state index is 6.09. The van der Waals surface area contributed by atoms with Crippen LogP contribution in [0.15, 0.2) is 22.7 Å². The molecule has 0 aliphatic carbocycles. The second kappa shape index (κ2) is 7.54. The van der Waals surface area contributed by atoms with Gasteiger partial charge in [-0.15, -0.1) is 11.6 Å². The van der Waals surface area contributed by atoms with Crippen LogP contribution in [0, 0.1) is 5.92 Å². The Morgan fingerprint density at radius 3 is 2.89 bits per heavy atom. The quantitative estimate of drug-likeness (QED) is 0.643. The average molecular weight is 345 g/mol. The standard InChI is InChI=1S/C16H23BrClN/c1-2-4-13-5-3-9-19(10-8-13)16-7-6-15(17)11-14(16)12-18/h6-7,11,13H,2-5,8-10,12H2,1H3. The van der Waals surface area contributed by atoms with E-state index in [9.17, 15) is 0 Å². The normalized spacial score (nSPS) is 20.4. The van der Waals surface area contributed by atoms with Crippen LogP contribution in [0.25, 0.3) is 0 Å². The van der Waals surface area contributed by atoms with Gasteiger partial charge in [0.25, 0.3) is 0 Å². The van der Waals surface area contributed by atoms with E-state index >= 15 is 0 Å². The van der Waals surface area contributed by atoms with Crippen LogP contribution in [0.1, 0.15) is 44.6 Å². The summed E-state index contributed by atoms with van der Waals surface area (Å²) in [5.74, 6) is 1.51. The van der Waals surface area contributed by atoms with Gasteiger partial charge in [-0.3, -0.25) is 0 Å². The summed E-state index contributed by atoms with van der Waals surface area (Å²) < 4.78 is 1.12. The van der Waals surface area contributed by atoms with Crippen LogP contribution in [-0.2, 0) is 5.88 Å². The fourth-order valence-corrected chi connectivity index (χ4v) is 3.70. The van der Waals surface area contributed by atoms with Crippen molar-refractivity contribution >= 4 is 33.2 Å². The van der Waals surface area contributed by atoms with Gasteiger partial charge in [0.05, 0.1) is 0 Å². The molecule has 1 unspecified atom stereocenters. The van der Waals surface area contributed by atoms with Gasteiger partial charge in [-0.1, -0.05) is 35.7 Å². The van der Waals surface area contributed by atoms with E-state index in [4.69, 9.17) is 11.6 Å². The number of anilines is 1. The summed E-state index contributed by atoms with van der Waals surface area (Å²) in [6.45, 7) is 4.64. The predicted molar refractivity (Wildman–Crippen MR) is 88.2 cm³/mol. The summed E-state index contributed by atoms with van der Waals surface area (Å²) in [5.41, 5.74) is 2.57. The summed E-state index contributed by atoms with van der Waals surface area (Å²) in [5, 5.41) is 0. The second-order valence-corrected chi connectivity index (χ2v) is 6.66. The van der Waals surface area contributed by atoms with Crippen molar-refractivity contribution in [1.82, 2.24) is 0 Å². The molecule has 2 rings (SSSR count). The van der Waals surface area contributed by atoms with Gasteiger partial charge in [0.15, 0.2) is 0 Å². The van der Waals surface area contributed by atoms with Gasteiger partial charge < -0.3 is 4.90 Å². The molecule has 0 saturated carbocycles. The van der Waals surface area contributed by atoms with Crippen molar-refractivity contribution in [3.63, 3.8) is 0 Å². The Morgan fingerprint density at radius 1 is 1.32 bits per heavy atom. The Hall–Kier alpha value is -0.210. The second-order valence-electron chi connectivity index (χ2n) is 5.48. The van der Waals surface area contributed by atoms with Gasteiger partial charge in [-0.2, -0.15) is 0 Å². The minimum atomic E-state index is 0.587. The lowest BCUT2D eigenvalue weighted by atomic mass is 9.96. The number of nitrogens with zero attached hydrogens (tertiary/aromatic N) is 1. The highest BCUT2D eigenvalue weighted by Crippen LogP contribution is 2.30. The van der Waals surface area contributed by atoms with Crippen LogP contribution in [0.2, 0.25) is 0 Å². The van der Waals surface area contributed by atoms with E-state index in [2.05, 4.69) is 46.0 Å². The van der Waals surface area contributed by atoms with Crippen LogP contribution in [0.5, 0.6) is 0 Å². The van der Waals surface area contributed by atoms with E-state index in [1.165, 1.54) is 56.4 Å². The Balaban J connectivity index is 2.09. The van der Waals surface area contributed by atoms with Crippen molar-refractivity contribution in [3.8, 4) is 0 Å².